The van der Waals surface area contributed by atoms with E-state index in [0.717, 1.165) is 22.3 Å². The molecule has 0 amide bonds. The van der Waals surface area contributed by atoms with Crippen LogP contribution in [0.5, 0.6) is 0 Å². The van der Waals surface area contributed by atoms with Gasteiger partial charge in [0, 0.05) is 6.54 Å². The van der Waals surface area contributed by atoms with E-state index >= 15 is 0 Å². The second-order valence-electron chi connectivity index (χ2n) is 4.09. The van der Waals surface area contributed by atoms with Crippen LogP contribution >= 0.6 is 27.5 Å². The first-order chi connectivity index (χ1) is 9.08. The molecule has 1 aromatic heterocycles. The summed E-state index contributed by atoms with van der Waals surface area (Å²) in [6.45, 7) is 2.76. The topological polar surface area (TPSA) is 29.9 Å². The van der Waals surface area contributed by atoms with Gasteiger partial charge in [0.1, 0.15) is 5.82 Å². The first-order valence-electron chi connectivity index (χ1n) is 5.91. The largest absolute Gasteiger partial charge is 0.308 e. The Morgan fingerprint density at radius 3 is 2.84 bits per heavy atom. The molecule has 1 heterocycles. The summed E-state index contributed by atoms with van der Waals surface area (Å²) in [5, 5.41) is 7.59. The van der Waals surface area contributed by atoms with Crippen LogP contribution < -0.4 is 5.32 Å². The Balaban J connectivity index is 2.49. The first kappa shape index (κ1) is 14.5. The molecule has 1 aromatic carbocycles. The van der Waals surface area contributed by atoms with E-state index < -0.39 is 5.82 Å². The molecule has 19 heavy (non-hydrogen) atoms. The molecular formula is C13H14BrClFN3. The molecule has 0 aliphatic rings. The van der Waals surface area contributed by atoms with Crippen LogP contribution in [0.25, 0.3) is 0 Å². The number of nitrogens with one attached hydrogen (secondary N) is 1. The van der Waals surface area contributed by atoms with Crippen LogP contribution in [0.1, 0.15) is 24.2 Å². The lowest BCUT2D eigenvalue weighted by molar-refractivity contribution is 0.557. The fourth-order valence-electron chi connectivity index (χ4n) is 2.06. The number of rotatable bonds is 4. The normalized spacial score (nSPS) is 12.7. The van der Waals surface area contributed by atoms with Crippen molar-refractivity contribution < 1.29 is 4.39 Å². The van der Waals surface area contributed by atoms with Gasteiger partial charge in [-0.05, 0) is 47.6 Å². The fourth-order valence-corrected chi connectivity index (χ4v) is 2.71. The van der Waals surface area contributed by atoms with Gasteiger partial charge in [-0.3, -0.25) is 4.68 Å². The highest BCUT2D eigenvalue weighted by atomic mass is 79.9. The van der Waals surface area contributed by atoms with Gasteiger partial charge in [-0.1, -0.05) is 17.7 Å². The molecule has 6 heteroatoms. The van der Waals surface area contributed by atoms with E-state index in [1.165, 1.54) is 6.07 Å². The summed E-state index contributed by atoms with van der Waals surface area (Å²) in [6, 6.07) is 4.68. The third-order valence-electron chi connectivity index (χ3n) is 2.97. The predicted octanol–water partition coefficient (Wildman–Crippen LogP) is 3.77. The third-order valence-corrected chi connectivity index (χ3v) is 3.89. The molecule has 2 rings (SSSR count). The van der Waals surface area contributed by atoms with Gasteiger partial charge in [0.05, 0.1) is 27.4 Å². The maximum Gasteiger partial charge on any atom is 0.142 e. The summed E-state index contributed by atoms with van der Waals surface area (Å²) < 4.78 is 16.4. The zero-order valence-corrected chi connectivity index (χ0v) is 13.0. The number of halogens is 3. The molecule has 1 N–H and O–H groups in total. The van der Waals surface area contributed by atoms with Crippen LogP contribution in [0, 0.1) is 5.82 Å². The summed E-state index contributed by atoms with van der Waals surface area (Å²) in [4.78, 5) is 0. The van der Waals surface area contributed by atoms with Gasteiger partial charge in [-0.25, -0.2) is 4.39 Å². The fraction of sp³-hybridized carbons (Fsp3) is 0.308. The number of hydrogen-bond donors (Lipinski definition) is 1. The number of aromatic nitrogens is 2. The van der Waals surface area contributed by atoms with E-state index in [0.29, 0.717) is 0 Å². The van der Waals surface area contributed by atoms with Crippen LogP contribution in [0.4, 0.5) is 4.39 Å². The van der Waals surface area contributed by atoms with E-state index in [9.17, 15) is 4.39 Å². The maximum atomic E-state index is 13.6. The molecule has 0 spiro atoms. The van der Waals surface area contributed by atoms with Crippen molar-refractivity contribution in [3.05, 3.63) is 51.0 Å². The molecule has 0 fully saturated rings. The molecule has 2 aromatic rings. The van der Waals surface area contributed by atoms with Crippen molar-refractivity contribution in [2.24, 2.45) is 0 Å². The molecule has 102 valence electrons. The smallest absolute Gasteiger partial charge is 0.142 e. The van der Waals surface area contributed by atoms with Gasteiger partial charge in [-0.15, -0.1) is 0 Å². The van der Waals surface area contributed by atoms with Crippen molar-refractivity contribution >= 4 is 27.5 Å². The summed E-state index contributed by atoms with van der Waals surface area (Å²) in [5.41, 5.74) is 1.77. The summed E-state index contributed by atoms with van der Waals surface area (Å²) in [7, 11) is 1.83. The Hall–Kier alpha value is -0.910. The van der Waals surface area contributed by atoms with Gasteiger partial charge >= 0.3 is 0 Å². The van der Waals surface area contributed by atoms with Gasteiger partial charge in [0.2, 0.25) is 0 Å². The first-order valence-corrected chi connectivity index (χ1v) is 7.09. The van der Waals surface area contributed by atoms with E-state index in [-0.39, 0.29) is 11.1 Å². The predicted molar refractivity (Wildman–Crippen MR) is 77.9 cm³/mol. The van der Waals surface area contributed by atoms with Crippen molar-refractivity contribution in [1.82, 2.24) is 15.1 Å². The lowest BCUT2D eigenvalue weighted by atomic mass is 10.0. The second kappa shape index (κ2) is 6.03. The number of hydrogen-bond acceptors (Lipinski definition) is 2. The van der Waals surface area contributed by atoms with Gasteiger partial charge in [0.25, 0.3) is 0 Å². The quantitative estimate of drug-likeness (QED) is 0.913. The summed E-state index contributed by atoms with van der Waals surface area (Å²) >= 11 is 9.21. The Bertz CT molecular complexity index is 585. The van der Waals surface area contributed by atoms with Crippen LogP contribution in [0.2, 0.25) is 5.02 Å². The van der Waals surface area contributed by atoms with Crippen molar-refractivity contribution in [3.8, 4) is 0 Å². The zero-order chi connectivity index (χ0) is 14.0. The molecular weight excluding hydrogens is 333 g/mol. The van der Waals surface area contributed by atoms with Crippen LogP contribution in [-0.2, 0) is 6.54 Å². The number of aryl methyl sites for hydroxylation is 1. The van der Waals surface area contributed by atoms with Crippen molar-refractivity contribution in [2.45, 2.75) is 19.5 Å². The molecule has 0 aliphatic carbocycles. The van der Waals surface area contributed by atoms with Gasteiger partial charge in [-0.2, -0.15) is 5.10 Å². The highest BCUT2D eigenvalue weighted by Crippen LogP contribution is 2.30. The monoisotopic (exact) mass is 345 g/mol. The average molecular weight is 347 g/mol. The molecule has 0 bridgehead atoms. The van der Waals surface area contributed by atoms with E-state index in [2.05, 4.69) is 26.3 Å². The lowest BCUT2D eigenvalue weighted by Gasteiger charge is -2.19. The van der Waals surface area contributed by atoms with E-state index in [1.54, 1.807) is 12.3 Å². The van der Waals surface area contributed by atoms with Crippen LogP contribution in [0.3, 0.4) is 0 Å². The van der Waals surface area contributed by atoms with Crippen molar-refractivity contribution in [3.63, 3.8) is 0 Å². The number of benzene rings is 1. The molecule has 3 nitrogen and oxygen atoms in total. The molecule has 0 aliphatic heterocycles. The van der Waals surface area contributed by atoms with E-state index in [1.807, 2.05) is 24.7 Å². The number of nitrogens with zero attached hydrogens (tertiary/aromatic N) is 2. The van der Waals surface area contributed by atoms with E-state index in [4.69, 9.17) is 11.6 Å². The summed E-state index contributed by atoms with van der Waals surface area (Å²) in [6.07, 6.45) is 1.75. The Morgan fingerprint density at radius 2 is 2.26 bits per heavy atom. The second-order valence-corrected chi connectivity index (χ2v) is 5.35. The Labute approximate surface area is 124 Å². The minimum atomic E-state index is -0.418. The SMILES string of the molecule is CCn1ncc(Br)c1C(NC)c1ccc(Cl)c(F)c1. The molecule has 0 radical (unpaired) electrons. The highest BCUT2D eigenvalue weighted by Gasteiger charge is 2.20. The minimum Gasteiger partial charge on any atom is -0.308 e. The van der Waals surface area contributed by atoms with Crippen LogP contribution in [-0.4, -0.2) is 16.8 Å². The molecule has 1 atom stereocenters. The highest BCUT2D eigenvalue weighted by molar-refractivity contribution is 9.10. The molecule has 1 unspecified atom stereocenters. The standard InChI is InChI=1S/C13H14BrClFN3/c1-3-19-13(9(14)7-18-19)12(17-2)8-4-5-10(15)11(16)6-8/h4-7,12,17H,3H2,1-2H3. The van der Waals surface area contributed by atoms with Crippen molar-refractivity contribution in [2.75, 3.05) is 7.05 Å². The molecule has 0 saturated carbocycles. The van der Waals surface area contributed by atoms with Crippen molar-refractivity contribution in [1.29, 1.82) is 0 Å². The minimum absolute atomic E-state index is 0.127. The van der Waals surface area contributed by atoms with Crippen LogP contribution in [0.15, 0.2) is 28.9 Å². The maximum absolute atomic E-state index is 13.6. The third kappa shape index (κ3) is 2.83. The zero-order valence-electron chi connectivity index (χ0n) is 10.6. The molecule has 0 saturated heterocycles. The van der Waals surface area contributed by atoms with Gasteiger partial charge in [0.15, 0.2) is 0 Å². The lowest BCUT2D eigenvalue weighted by Crippen LogP contribution is -2.22. The average Bonchev–Trinajstić information content (AvgIpc) is 2.76. The Morgan fingerprint density at radius 1 is 1.53 bits per heavy atom. The summed E-state index contributed by atoms with van der Waals surface area (Å²) in [5.74, 6) is -0.418. The van der Waals surface area contributed by atoms with Gasteiger partial charge < -0.3 is 5.32 Å². The Kier molecular flexibility index (Phi) is 4.60.